The highest BCUT2D eigenvalue weighted by Gasteiger charge is 2.36. The predicted octanol–water partition coefficient (Wildman–Crippen LogP) is 5.07. The molecule has 6 rings (SSSR count). The van der Waals surface area contributed by atoms with E-state index in [0.29, 0.717) is 44.1 Å². The Morgan fingerprint density at radius 1 is 0.949 bits per heavy atom. The summed E-state index contributed by atoms with van der Waals surface area (Å²) >= 11 is 7.46. The lowest BCUT2D eigenvalue weighted by molar-refractivity contribution is -0.117. The number of hydrogen-bond acceptors (Lipinski definition) is 7. The van der Waals surface area contributed by atoms with E-state index in [2.05, 4.69) is 15.5 Å². The van der Waals surface area contributed by atoms with Gasteiger partial charge in [0.2, 0.25) is 11.0 Å². The predicted molar refractivity (Wildman–Crippen MR) is 148 cm³/mol. The van der Waals surface area contributed by atoms with Crippen LogP contribution < -0.4 is 15.1 Å². The van der Waals surface area contributed by atoms with Crippen LogP contribution in [0, 0.1) is 6.92 Å². The molecule has 1 aromatic heterocycles. The summed E-state index contributed by atoms with van der Waals surface area (Å²) in [5.41, 5.74) is 3.08. The third-order valence-corrected chi connectivity index (χ3v) is 8.19. The number of imide groups is 1. The van der Waals surface area contributed by atoms with Crippen molar-refractivity contribution in [2.75, 3.05) is 21.7 Å². The standard InChI is InChI=1S/C28H20ClN5O4S/c1-15-6-9-19(13-22(15)29)33-14-17(12-23(33)35)25-31-32-28(39-25)30-24(36)16-7-10-18(11-8-16)34-26(37)20-4-2-3-5-21(20)27(34)38/h2-11,13,17H,12,14H2,1H3,(H,30,32,36). The van der Waals surface area contributed by atoms with E-state index in [1.54, 1.807) is 47.4 Å². The number of fused-ring (bicyclic) bond motifs is 1. The Kier molecular flexibility index (Phi) is 6.20. The van der Waals surface area contributed by atoms with Gasteiger partial charge in [-0.1, -0.05) is 41.1 Å². The molecular formula is C28H20ClN5O4S. The minimum absolute atomic E-state index is 0.0288. The average molecular weight is 558 g/mol. The molecule has 1 unspecified atom stereocenters. The molecule has 4 aromatic rings. The summed E-state index contributed by atoms with van der Waals surface area (Å²) < 4.78 is 0. The third kappa shape index (κ3) is 4.47. The van der Waals surface area contributed by atoms with Crippen LogP contribution in [0.25, 0.3) is 0 Å². The van der Waals surface area contributed by atoms with Gasteiger partial charge in [0.1, 0.15) is 5.01 Å². The van der Waals surface area contributed by atoms with E-state index in [1.807, 2.05) is 19.1 Å². The molecule has 2 aliphatic rings. The Balaban J connectivity index is 1.12. The number of amides is 4. The first kappa shape index (κ1) is 24.9. The maximum absolute atomic E-state index is 12.8. The van der Waals surface area contributed by atoms with Gasteiger partial charge in [-0.25, -0.2) is 4.90 Å². The van der Waals surface area contributed by atoms with Crippen LogP contribution in [0.3, 0.4) is 0 Å². The van der Waals surface area contributed by atoms with E-state index in [-0.39, 0.29) is 18.2 Å². The molecule has 1 atom stereocenters. The van der Waals surface area contributed by atoms with Gasteiger partial charge < -0.3 is 4.90 Å². The smallest absolute Gasteiger partial charge is 0.266 e. The summed E-state index contributed by atoms with van der Waals surface area (Å²) in [5.74, 6) is -1.39. The monoisotopic (exact) mass is 557 g/mol. The fourth-order valence-electron chi connectivity index (χ4n) is 4.68. The minimum Gasteiger partial charge on any atom is -0.312 e. The first-order valence-corrected chi connectivity index (χ1v) is 13.3. The van der Waals surface area contributed by atoms with E-state index in [0.717, 1.165) is 16.2 Å². The van der Waals surface area contributed by atoms with Crippen molar-refractivity contribution in [3.8, 4) is 0 Å². The number of halogens is 1. The second-order valence-electron chi connectivity index (χ2n) is 9.28. The Morgan fingerprint density at radius 2 is 1.62 bits per heavy atom. The fourth-order valence-corrected chi connectivity index (χ4v) is 5.68. The molecular weight excluding hydrogens is 538 g/mol. The van der Waals surface area contributed by atoms with Crippen LogP contribution in [-0.4, -0.2) is 40.4 Å². The van der Waals surface area contributed by atoms with Gasteiger partial charge in [0.25, 0.3) is 17.7 Å². The van der Waals surface area contributed by atoms with E-state index < -0.39 is 17.7 Å². The Hall–Kier alpha value is -4.41. The van der Waals surface area contributed by atoms with E-state index in [1.165, 1.54) is 23.5 Å². The summed E-state index contributed by atoms with van der Waals surface area (Å²) in [4.78, 5) is 53.7. The number of anilines is 3. The number of carbonyl (C=O) groups is 4. The fraction of sp³-hybridized carbons (Fsp3) is 0.143. The summed E-state index contributed by atoms with van der Waals surface area (Å²) in [6, 6.07) is 18.4. The molecule has 9 nitrogen and oxygen atoms in total. The molecule has 0 aliphatic carbocycles. The van der Waals surface area contributed by atoms with Crippen LogP contribution in [0.4, 0.5) is 16.5 Å². The molecule has 4 amide bonds. The zero-order chi connectivity index (χ0) is 27.3. The van der Waals surface area contributed by atoms with Crippen molar-refractivity contribution >= 4 is 63.1 Å². The van der Waals surface area contributed by atoms with Crippen LogP contribution in [-0.2, 0) is 4.79 Å². The molecule has 0 radical (unpaired) electrons. The normalized spacial score (nSPS) is 16.7. The van der Waals surface area contributed by atoms with Crippen molar-refractivity contribution < 1.29 is 19.2 Å². The van der Waals surface area contributed by atoms with Crippen LogP contribution >= 0.6 is 22.9 Å². The summed E-state index contributed by atoms with van der Waals surface area (Å²) in [5, 5.41) is 12.6. The van der Waals surface area contributed by atoms with Gasteiger partial charge in [0.05, 0.1) is 16.8 Å². The van der Waals surface area contributed by atoms with Crippen molar-refractivity contribution in [2.24, 2.45) is 0 Å². The number of benzene rings is 3. The summed E-state index contributed by atoms with van der Waals surface area (Å²) in [7, 11) is 0. The van der Waals surface area contributed by atoms with Gasteiger partial charge in [-0.05, 0) is 61.0 Å². The average Bonchev–Trinajstić information content (AvgIpc) is 3.63. The quantitative estimate of drug-likeness (QED) is 0.343. The highest BCUT2D eigenvalue weighted by Crippen LogP contribution is 2.35. The number of aryl methyl sites for hydroxylation is 1. The lowest BCUT2D eigenvalue weighted by Crippen LogP contribution is -2.29. The van der Waals surface area contributed by atoms with Crippen molar-refractivity contribution in [2.45, 2.75) is 19.3 Å². The molecule has 11 heteroatoms. The third-order valence-electron chi connectivity index (χ3n) is 6.78. The molecule has 0 spiro atoms. The molecule has 3 aromatic carbocycles. The van der Waals surface area contributed by atoms with Crippen LogP contribution in [0.1, 0.15) is 54.0 Å². The van der Waals surface area contributed by atoms with E-state index >= 15 is 0 Å². The maximum Gasteiger partial charge on any atom is 0.266 e. The van der Waals surface area contributed by atoms with Crippen molar-refractivity contribution in [1.29, 1.82) is 0 Å². The lowest BCUT2D eigenvalue weighted by Gasteiger charge is -2.17. The van der Waals surface area contributed by atoms with Crippen LogP contribution in [0.15, 0.2) is 66.7 Å². The molecule has 2 aliphatic heterocycles. The number of carbonyl (C=O) groups excluding carboxylic acids is 4. The zero-order valence-corrected chi connectivity index (χ0v) is 22.1. The highest BCUT2D eigenvalue weighted by atomic mass is 35.5. The Morgan fingerprint density at radius 3 is 2.28 bits per heavy atom. The largest absolute Gasteiger partial charge is 0.312 e. The maximum atomic E-state index is 12.8. The molecule has 3 heterocycles. The SMILES string of the molecule is Cc1ccc(N2CC(c3nnc(NC(=O)c4ccc(N5C(=O)c6ccccc6C5=O)cc4)s3)CC2=O)cc1Cl. The first-order valence-electron chi connectivity index (χ1n) is 12.1. The zero-order valence-electron chi connectivity index (χ0n) is 20.6. The number of nitrogens with one attached hydrogen (secondary N) is 1. The summed E-state index contributed by atoms with van der Waals surface area (Å²) in [6.07, 6.45) is 0.285. The van der Waals surface area contributed by atoms with Crippen molar-refractivity contribution in [3.63, 3.8) is 0 Å². The molecule has 1 N–H and O–H groups in total. The van der Waals surface area contributed by atoms with Crippen LogP contribution in [0.2, 0.25) is 5.02 Å². The molecule has 0 bridgehead atoms. The molecule has 0 saturated carbocycles. The van der Waals surface area contributed by atoms with Gasteiger partial charge in [-0.2, -0.15) is 0 Å². The number of nitrogens with zero attached hydrogens (tertiary/aromatic N) is 4. The van der Waals surface area contributed by atoms with Crippen molar-refractivity contribution in [3.05, 3.63) is 99.0 Å². The number of rotatable bonds is 5. The van der Waals surface area contributed by atoms with E-state index in [9.17, 15) is 19.2 Å². The number of hydrogen-bond donors (Lipinski definition) is 1. The molecule has 39 heavy (non-hydrogen) atoms. The van der Waals surface area contributed by atoms with Gasteiger partial charge in [-0.15, -0.1) is 10.2 Å². The second kappa shape index (κ2) is 9.72. The van der Waals surface area contributed by atoms with Gasteiger partial charge >= 0.3 is 0 Å². The van der Waals surface area contributed by atoms with Gasteiger partial charge in [0, 0.05) is 35.2 Å². The lowest BCUT2D eigenvalue weighted by atomic mass is 10.1. The van der Waals surface area contributed by atoms with Crippen LogP contribution in [0.5, 0.6) is 0 Å². The molecule has 1 saturated heterocycles. The minimum atomic E-state index is -0.412. The Bertz CT molecular complexity index is 1630. The van der Waals surface area contributed by atoms with Crippen molar-refractivity contribution in [1.82, 2.24) is 10.2 Å². The molecule has 1 fully saturated rings. The van der Waals surface area contributed by atoms with Gasteiger partial charge in [0.15, 0.2) is 0 Å². The molecule has 194 valence electrons. The number of aromatic nitrogens is 2. The topological polar surface area (TPSA) is 113 Å². The van der Waals surface area contributed by atoms with E-state index in [4.69, 9.17) is 11.6 Å². The first-order chi connectivity index (χ1) is 18.8. The van der Waals surface area contributed by atoms with Gasteiger partial charge in [-0.3, -0.25) is 24.5 Å². The second-order valence-corrected chi connectivity index (χ2v) is 10.7. The summed E-state index contributed by atoms with van der Waals surface area (Å²) in [6.45, 7) is 2.35. The Labute approximate surface area is 232 Å². The highest BCUT2D eigenvalue weighted by molar-refractivity contribution is 7.15.